The highest BCUT2D eigenvalue weighted by Crippen LogP contribution is 2.40. The van der Waals surface area contributed by atoms with Crippen LogP contribution in [0.15, 0.2) is 76.4 Å². The first kappa shape index (κ1) is 22.3. The minimum Gasteiger partial charge on any atom is -0.494 e. The zero-order chi connectivity index (χ0) is 23.5. The Labute approximate surface area is 195 Å². The van der Waals surface area contributed by atoms with E-state index in [4.69, 9.17) is 15.8 Å². The van der Waals surface area contributed by atoms with Gasteiger partial charge in [-0.3, -0.25) is 4.57 Å². The van der Waals surface area contributed by atoms with Crippen LogP contribution in [0.1, 0.15) is 5.56 Å². The summed E-state index contributed by atoms with van der Waals surface area (Å²) in [5.74, 6) is 0.0150. The van der Waals surface area contributed by atoms with Crippen LogP contribution in [0.5, 0.6) is 17.5 Å². The van der Waals surface area contributed by atoms with Gasteiger partial charge in [0, 0.05) is 21.5 Å². The second-order valence-corrected chi connectivity index (χ2v) is 8.10. The largest absolute Gasteiger partial charge is 0.494 e. The van der Waals surface area contributed by atoms with Crippen LogP contribution in [0.25, 0.3) is 16.5 Å². The fourth-order valence-electron chi connectivity index (χ4n) is 3.24. The molecule has 0 spiro atoms. The fourth-order valence-corrected chi connectivity index (χ4v) is 3.87. The number of para-hydroxylation sites is 1. The lowest BCUT2D eigenvalue weighted by molar-refractivity contribution is 0.258. The second kappa shape index (κ2) is 9.31. The van der Waals surface area contributed by atoms with E-state index in [1.54, 1.807) is 73.7 Å². The number of amides is 2. The molecular weight excluding hydrogens is 468 g/mol. The van der Waals surface area contributed by atoms with Gasteiger partial charge in [0.05, 0.1) is 5.69 Å². The molecule has 9 nitrogen and oxygen atoms in total. The number of benzene rings is 3. The molecule has 11 heteroatoms. The van der Waals surface area contributed by atoms with E-state index in [-0.39, 0.29) is 11.8 Å². The zero-order valence-corrected chi connectivity index (χ0v) is 18.7. The van der Waals surface area contributed by atoms with Gasteiger partial charge in [0.25, 0.3) is 0 Å². The molecule has 0 aliphatic rings. The molecule has 1 atom stereocenters. The first-order chi connectivity index (χ1) is 15.8. The van der Waals surface area contributed by atoms with E-state index in [9.17, 15) is 19.2 Å². The van der Waals surface area contributed by atoms with Crippen LogP contribution >= 0.6 is 11.6 Å². The number of nitrogens with one attached hydrogen (secondary N) is 1. The molecule has 1 heterocycles. The number of carbonyl (C=O) groups is 1. The Morgan fingerprint density at radius 2 is 1.76 bits per heavy atom. The standard InChI is InChI=1S/C22H17ClN4O5S/c1-13-11-15(24-22(30)25-26-33(31)32-16-5-3-2-4-6-16)8-10-19(13)27-20(28)17-9-7-14(23)12-18(17)21(27)29/h2-12,28-29H,1H3,(H,24,30). The number of hydrogen-bond acceptors (Lipinski definition) is 5. The molecule has 0 fully saturated rings. The fraction of sp³-hybridized carbons (Fsp3) is 0.0455. The lowest BCUT2D eigenvalue weighted by Gasteiger charge is -2.12. The van der Waals surface area contributed by atoms with E-state index in [2.05, 4.69) is 15.0 Å². The molecule has 4 aromatic rings. The third-order valence-corrected chi connectivity index (χ3v) is 5.47. The van der Waals surface area contributed by atoms with Crippen molar-refractivity contribution in [3.8, 4) is 23.2 Å². The SMILES string of the molecule is Cc1cc(NC(=O)N=NS(=O)Oc2ccccc2)ccc1-n1c(O)c2ccc(Cl)cc2c1O. The quantitative estimate of drug-likeness (QED) is 0.316. The van der Waals surface area contributed by atoms with Crippen molar-refractivity contribution in [1.82, 2.24) is 4.57 Å². The van der Waals surface area contributed by atoms with Crippen molar-refractivity contribution in [1.29, 1.82) is 0 Å². The molecule has 4 rings (SSSR count). The van der Waals surface area contributed by atoms with Crippen LogP contribution in [0.3, 0.4) is 0 Å². The number of carbonyl (C=O) groups excluding carboxylic acids is 1. The summed E-state index contributed by atoms with van der Waals surface area (Å²) >= 11 is 3.83. The molecule has 0 radical (unpaired) electrons. The number of nitrogens with zero attached hydrogens (tertiary/aromatic N) is 3. The lowest BCUT2D eigenvalue weighted by Crippen LogP contribution is -2.07. The minimum absolute atomic E-state index is 0.145. The monoisotopic (exact) mass is 484 g/mol. The van der Waals surface area contributed by atoms with Gasteiger partial charge in [-0.2, -0.15) is 4.21 Å². The van der Waals surface area contributed by atoms with Crippen molar-refractivity contribution >= 4 is 45.4 Å². The average molecular weight is 485 g/mol. The molecular formula is C22H17ClN4O5S. The van der Waals surface area contributed by atoms with Gasteiger partial charge in [0.2, 0.25) is 11.8 Å². The summed E-state index contributed by atoms with van der Waals surface area (Å²) in [6.07, 6.45) is 0. The molecule has 0 saturated carbocycles. The number of fused-ring (bicyclic) bond motifs is 1. The van der Waals surface area contributed by atoms with Gasteiger partial charge in [-0.1, -0.05) is 34.9 Å². The van der Waals surface area contributed by atoms with Crippen molar-refractivity contribution in [3.05, 3.63) is 77.3 Å². The predicted octanol–water partition coefficient (Wildman–Crippen LogP) is 5.65. The molecule has 1 unspecified atom stereocenters. The molecule has 33 heavy (non-hydrogen) atoms. The maximum absolute atomic E-state index is 12.0. The van der Waals surface area contributed by atoms with E-state index in [0.29, 0.717) is 38.5 Å². The van der Waals surface area contributed by atoms with Gasteiger partial charge in [0.15, 0.2) is 0 Å². The maximum Gasteiger partial charge on any atom is 0.364 e. The highest BCUT2D eigenvalue weighted by atomic mass is 35.5. The van der Waals surface area contributed by atoms with Gasteiger partial charge >= 0.3 is 17.3 Å². The summed E-state index contributed by atoms with van der Waals surface area (Å²) < 4.78 is 21.4. The minimum atomic E-state index is -2.17. The number of halogens is 1. The zero-order valence-electron chi connectivity index (χ0n) is 17.1. The van der Waals surface area contributed by atoms with E-state index < -0.39 is 17.3 Å². The molecule has 0 bridgehead atoms. The van der Waals surface area contributed by atoms with E-state index in [1.807, 2.05) is 0 Å². The number of rotatable bonds is 5. The predicted molar refractivity (Wildman–Crippen MR) is 125 cm³/mol. The Hall–Kier alpha value is -3.89. The van der Waals surface area contributed by atoms with E-state index >= 15 is 0 Å². The lowest BCUT2D eigenvalue weighted by atomic mass is 10.1. The van der Waals surface area contributed by atoms with Gasteiger partial charge in [0.1, 0.15) is 5.75 Å². The topological polar surface area (TPSA) is 126 Å². The summed E-state index contributed by atoms with van der Waals surface area (Å²) in [5.41, 5.74) is 1.51. The summed E-state index contributed by atoms with van der Waals surface area (Å²) in [4.78, 5) is 12.0. The second-order valence-electron chi connectivity index (χ2n) is 6.90. The van der Waals surface area contributed by atoms with Crippen molar-refractivity contribution in [2.75, 3.05) is 5.32 Å². The van der Waals surface area contributed by atoms with Gasteiger partial charge in [-0.05, 0) is 65.5 Å². The Balaban J connectivity index is 1.50. The highest BCUT2D eigenvalue weighted by Gasteiger charge is 2.19. The van der Waals surface area contributed by atoms with E-state index in [0.717, 1.165) is 0 Å². The highest BCUT2D eigenvalue weighted by molar-refractivity contribution is 7.79. The van der Waals surface area contributed by atoms with Gasteiger partial charge < -0.3 is 19.7 Å². The molecule has 0 aliphatic heterocycles. The first-order valence-electron chi connectivity index (χ1n) is 9.54. The van der Waals surface area contributed by atoms with Crippen LogP contribution < -0.4 is 9.50 Å². The van der Waals surface area contributed by atoms with Gasteiger partial charge in [-0.15, -0.1) is 0 Å². The normalized spacial score (nSPS) is 12.2. The van der Waals surface area contributed by atoms with Crippen LogP contribution in [0, 0.1) is 6.92 Å². The number of aromatic hydroxyl groups is 2. The Morgan fingerprint density at radius 3 is 2.48 bits per heavy atom. The summed E-state index contributed by atoms with van der Waals surface area (Å²) in [6, 6.07) is 17.1. The Morgan fingerprint density at radius 1 is 1.03 bits per heavy atom. The van der Waals surface area contributed by atoms with Crippen LogP contribution in [-0.4, -0.2) is 25.0 Å². The van der Waals surface area contributed by atoms with Crippen LogP contribution in [-0.2, 0) is 11.3 Å². The molecule has 3 N–H and O–H groups in total. The van der Waals surface area contributed by atoms with Crippen molar-refractivity contribution in [2.45, 2.75) is 6.92 Å². The number of aryl methyl sites for hydroxylation is 1. The van der Waals surface area contributed by atoms with Crippen molar-refractivity contribution in [2.24, 2.45) is 9.63 Å². The summed E-state index contributed by atoms with van der Waals surface area (Å²) in [7, 11) is 0. The third-order valence-electron chi connectivity index (χ3n) is 4.69. The number of anilines is 1. The third kappa shape index (κ3) is 4.81. The smallest absolute Gasteiger partial charge is 0.364 e. The molecule has 0 aliphatic carbocycles. The van der Waals surface area contributed by atoms with Crippen LogP contribution in [0.4, 0.5) is 10.5 Å². The molecule has 3 aromatic carbocycles. The van der Waals surface area contributed by atoms with Crippen molar-refractivity contribution in [3.63, 3.8) is 0 Å². The van der Waals surface area contributed by atoms with E-state index in [1.165, 1.54) is 4.57 Å². The first-order valence-corrected chi connectivity index (χ1v) is 11.0. The number of hydrogen-bond donors (Lipinski definition) is 3. The molecule has 2 amide bonds. The molecule has 168 valence electrons. The molecule has 1 aromatic heterocycles. The number of urea groups is 1. The average Bonchev–Trinajstić information content (AvgIpc) is 3.03. The number of aromatic nitrogens is 1. The Bertz CT molecular complexity index is 1410. The van der Waals surface area contributed by atoms with Crippen molar-refractivity contribution < 1.29 is 23.4 Å². The Kier molecular flexibility index (Phi) is 6.29. The molecule has 0 saturated heterocycles. The maximum atomic E-state index is 12.0. The summed E-state index contributed by atoms with van der Waals surface area (Å²) in [6.45, 7) is 1.74. The van der Waals surface area contributed by atoms with Crippen LogP contribution in [0.2, 0.25) is 5.02 Å². The summed E-state index contributed by atoms with van der Waals surface area (Å²) in [5, 5.41) is 28.3. The van der Waals surface area contributed by atoms with Gasteiger partial charge in [-0.25, -0.2) is 4.79 Å².